The zero-order chi connectivity index (χ0) is 13.5. The predicted octanol–water partition coefficient (Wildman–Crippen LogP) is 2.46. The van der Waals surface area contributed by atoms with Crippen molar-refractivity contribution < 1.29 is 13.9 Å². The molecule has 0 unspecified atom stereocenters. The zero-order valence-electron chi connectivity index (χ0n) is 10.8. The first-order chi connectivity index (χ1) is 8.50. The number of ether oxygens (including phenoxy) is 1. The monoisotopic (exact) mass is 251 g/mol. The Labute approximate surface area is 107 Å². The van der Waals surface area contributed by atoms with Crippen molar-refractivity contribution in [3.63, 3.8) is 0 Å². The van der Waals surface area contributed by atoms with Gasteiger partial charge in [-0.15, -0.1) is 0 Å². The molecule has 1 N–H and O–H groups in total. The van der Waals surface area contributed by atoms with Gasteiger partial charge in [-0.3, -0.25) is 4.79 Å². The van der Waals surface area contributed by atoms with Crippen molar-refractivity contribution in [2.24, 2.45) is 0 Å². The van der Waals surface area contributed by atoms with E-state index in [-0.39, 0.29) is 11.7 Å². The van der Waals surface area contributed by atoms with Crippen LogP contribution in [0.3, 0.4) is 0 Å². The zero-order valence-corrected chi connectivity index (χ0v) is 10.8. The Morgan fingerprint density at radius 2 is 2.22 bits per heavy atom. The lowest BCUT2D eigenvalue weighted by atomic mass is 10.1. The second-order valence-corrected chi connectivity index (χ2v) is 4.22. The second kappa shape index (κ2) is 6.91. The van der Waals surface area contributed by atoms with E-state index in [1.54, 1.807) is 6.92 Å². The minimum Gasteiger partial charge on any atom is -0.375 e. The number of benzene rings is 1. The number of carbonyl (C=O) groups excluding carboxylic acids is 1. The lowest BCUT2D eigenvalue weighted by Crippen LogP contribution is -2.28. The normalized spacial score (nSPS) is 10.2. The highest BCUT2D eigenvalue weighted by molar-refractivity contribution is 5.95. The highest BCUT2D eigenvalue weighted by atomic mass is 19.1. The van der Waals surface area contributed by atoms with Crippen LogP contribution in [0.2, 0.25) is 0 Å². The Morgan fingerprint density at radius 1 is 1.50 bits per heavy atom. The largest absolute Gasteiger partial charge is 0.375 e. The molecule has 1 amide bonds. The molecule has 0 saturated carbocycles. The molecule has 18 heavy (non-hydrogen) atoms. The van der Waals surface area contributed by atoms with Gasteiger partial charge >= 0.3 is 0 Å². The van der Waals surface area contributed by atoms with Crippen molar-refractivity contribution in [3.8, 4) is 0 Å². The van der Waals surface area contributed by atoms with Gasteiger partial charge < -0.3 is 10.1 Å². The van der Waals surface area contributed by atoms with E-state index in [4.69, 9.17) is 4.74 Å². The van der Waals surface area contributed by atoms with Crippen LogP contribution in [0.25, 0.3) is 0 Å². The third kappa shape index (κ3) is 4.67. The molecule has 1 rings (SSSR count). The van der Waals surface area contributed by atoms with Crippen molar-refractivity contribution in [3.05, 3.63) is 47.3 Å². The highest BCUT2D eigenvalue weighted by Crippen LogP contribution is 2.09. The van der Waals surface area contributed by atoms with E-state index in [1.807, 2.05) is 6.92 Å². The molecule has 0 bridgehead atoms. The summed E-state index contributed by atoms with van der Waals surface area (Å²) in [5, 5.41) is 2.72. The van der Waals surface area contributed by atoms with E-state index in [0.29, 0.717) is 30.9 Å². The summed E-state index contributed by atoms with van der Waals surface area (Å²) in [6.07, 6.45) is 0. The maximum atomic E-state index is 12.9. The third-order valence-electron chi connectivity index (χ3n) is 2.31. The second-order valence-electron chi connectivity index (χ2n) is 4.22. The van der Waals surface area contributed by atoms with Crippen molar-refractivity contribution >= 4 is 5.91 Å². The maximum absolute atomic E-state index is 12.9. The Bertz CT molecular complexity index is 443. The summed E-state index contributed by atoms with van der Waals surface area (Å²) in [5.41, 5.74) is 2.04. The standard InChI is InChI=1S/C14H18FNO2/c1-10(2)9-18-7-6-16-14(17)13-5-4-12(15)8-11(13)3/h4-5,8H,1,6-7,9H2,2-3H3,(H,16,17). The van der Waals surface area contributed by atoms with Gasteiger partial charge in [-0.25, -0.2) is 4.39 Å². The van der Waals surface area contributed by atoms with Gasteiger partial charge in [0.05, 0.1) is 13.2 Å². The van der Waals surface area contributed by atoms with Gasteiger partial charge in [-0.05, 0) is 37.6 Å². The molecule has 0 aliphatic rings. The maximum Gasteiger partial charge on any atom is 0.251 e. The van der Waals surface area contributed by atoms with Crippen molar-refractivity contribution in [2.75, 3.05) is 19.8 Å². The molecule has 0 heterocycles. The first kappa shape index (κ1) is 14.4. The van der Waals surface area contributed by atoms with Crippen molar-refractivity contribution in [1.29, 1.82) is 0 Å². The number of amides is 1. The molecule has 3 nitrogen and oxygen atoms in total. The molecule has 0 radical (unpaired) electrons. The Hall–Kier alpha value is -1.68. The molecule has 0 atom stereocenters. The average Bonchev–Trinajstić information content (AvgIpc) is 2.27. The lowest BCUT2D eigenvalue weighted by Gasteiger charge is -2.08. The fraction of sp³-hybridized carbons (Fsp3) is 0.357. The lowest BCUT2D eigenvalue weighted by molar-refractivity contribution is 0.0926. The van der Waals surface area contributed by atoms with Crippen LogP contribution in [0, 0.1) is 12.7 Å². The molecule has 1 aromatic rings. The van der Waals surface area contributed by atoms with Gasteiger partial charge in [0.2, 0.25) is 0 Å². The van der Waals surface area contributed by atoms with E-state index in [0.717, 1.165) is 5.57 Å². The van der Waals surface area contributed by atoms with E-state index in [1.165, 1.54) is 18.2 Å². The minimum atomic E-state index is -0.339. The first-order valence-corrected chi connectivity index (χ1v) is 5.77. The quantitative estimate of drug-likeness (QED) is 0.623. The van der Waals surface area contributed by atoms with Crippen molar-refractivity contribution in [1.82, 2.24) is 5.32 Å². The average molecular weight is 251 g/mol. The number of halogens is 1. The van der Waals surface area contributed by atoms with Gasteiger partial charge in [0.15, 0.2) is 0 Å². The number of rotatable bonds is 6. The van der Waals surface area contributed by atoms with Crippen LogP contribution in [0.1, 0.15) is 22.8 Å². The molecule has 4 heteroatoms. The molecule has 0 aliphatic heterocycles. The predicted molar refractivity (Wildman–Crippen MR) is 69.1 cm³/mol. The van der Waals surface area contributed by atoms with Crippen molar-refractivity contribution in [2.45, 2.75) is 13.8 Å². The van der Waals surface area contributed by atoms with Crippen LogP contribution in [0.15, 0.2) is 30.4 Å². The first-order valence-electron chi connectivity index (χ1n) is 5.77. The SMILES string of the molecule is C=C(C)COCCNC(=O)c1ccc(F)cc1C. The summed E-state index contributed by atoms with van der Waals surface area (Å²) < 4.78 is 18.1. The molecule has 0 aromatic heterocycles. The van der Waals surface area contributed by atoms with Crippen LogP contribution < -0.4 is 5.32 Å². The third-order valence-corrected chi connectivity index (χ3v) is 2.31. The molecular weight excluding hydrogens is 233 g/mol. The van der Waals surface area contributed by atoms with Crippen LogP contribution in [0.4, 0.5) is 4.39 Å². The number of aryl methyl sites for hydroxylation is 1. The minimum absolute atomic E-state index is 0.216. The fourth-order valence-electron chi connectivity index (χ4n) is 1.46. The summed E-state index contributed by atoms with van der Waals surface area (Å²) in [6, 6.07) is 4.10. The number of nitrogens with one attached hydrogen (secondary N) is 1. The summed E-state index contributed by atoms with van der Waals surface area (Å²) in [7, 11) is 0. The Balaban J connectivity index is 2.39. The molecular formula is C14H18FNO2. The Morgan fingerprint density at radius 3 is 2.83 bits per heavy atom. The number of hydrogen-bond acceptors (Lipinski definition) is 2. The van der Waals surface area contributed by atoms with E-state index in [9.17, 15) is 9.18 Å². The van der Waals surface area contributed by atoms with E-state index < -0.39 is 0 Å². The molecule has 0 saturated heterocycles. The molecule has 98 valence electrons. The highest BCUT2D eigenvalue weighted by Gasteiger charge is 2.08. The van der Waals surface area contributed by atoms with Gasteiger partial charge in [0, 0.05) is 12.1 Å². The molecule has 0 aliphatic carbocycles. The summed E-state index contributed by atoms with van der Waals surface area (Å²) in [6.45, 7) is 8.63. The van der Waals surface area contributed by atoms with Crippen LogP contribution in [0.5, 0.6) is 0 Å². The Kier molecular flexibility index (Phi) is 5.52. The molecule has 0 spiro atoms. The van der Waals surface area contributed by atoms with Gasteiger partial charge in [0.1, 0.15) is 5.82 Å². The number of hydrogen-bond donors (Lipinski definition) is 1. The summed E-state index contributed by atoms with van der Waals surface area (Å²) in [4.78, 5) is 11.8. The van der Waals surface area contributed by atoms with E-state index >= 15 is 0 Å². The van der Waals surface area contributed by atoms with Gasteiger partial charge in [-0.1, -0.05) is 12.2 Å². The molecule has 0 fully saturated rings. The van der Waals surface area contributed by atoms with Crippen LogP contribution in [-0.4, -0.2) is 25.7 Å². The molecule has 1 aromatic carbocycles. The van der Waals surface area contributed by atoms with Gasteiger partial charge in [0.25, 0.3) is 5.91 Å². The summed E-state index contributed by atoms with van der Waals surface area (Å²) in [5.74, 6) is -0.555. The van der Waals surface area contributed by atoms with E-state index in [2.05, 4.69) is 11.9 Å². The van der Waals surface area contributed by atoms with Crippen LogP contribution in [-0.2, 0) is 4.74 Å². The van der Waals surface area contributed by atoms with Crippen LogP contribution >= 0.6 is 0 Å². The smallest absolute Gasteiger partial charge is 0.251 e. The topological polar surface area (TPSA) is 38.3 Å². The van der Waals surface area contributed by atoms with Gasteiger partial charge in [-0.2, -0.15) is 0 Å². The summed E-state index contributed by atoms with van der Waals surface area (Å²) >= 11 is 0. The fourth-order valence-corrected chi connectivity index (χ4v) is 1.46. The number of carbonyl (C=O) groups is 1.